The van der Waals surface area contributed by atoms with Crippen LogP contribution in [-0.2, 0) is 6.54 Å². The molecule has 0 amide bonds. The Hall–Kier alpha value is -1.39. The Bertz CT molecular complexity index is 613. The van der Waals surface area contributed by atoms with Crippen molar-refractivity contribution in [2.75, 3.05) is 11.4 Å². The molecule has 0 bridgehead atoms. The maximum absolute atomic E-state index is 9.66. The molecule has 21 heavy (non-hydrogen) atoms. The molecule has 1 heterocycles. The molecule has 0 spiro atoms. The van der Waals surface area contributed by atoms with E-state index in [1.54, 1.807) is 6.92 Å². The summed E-state index contributed by atoms with van der Waals surface area (Å²) in [7, 11) is 0. The van der Waals surface area contributed by atoms with Gasteiger partial charge in [-0.05, 0) is 66.5 Å². The third kappa shape index (κ3) is 4.05. The van der Waals surface area contributed by atoms with Crippen molar-refractivity contribution in [2.24, 2.45) is 0 Å². The molecule has 0 fully saturated rings. The number of nitrogens with zero attached hydrogens (tertiary/aromatic N) is 2. The van der Waals surface area contributed by atoms with Crippen LogP contribution in [0.1, 0.15) is 36.9 Å². The van der Waals surface area contributed by atoms with Crippen LogP contribution in [0, 0.1) is 6.92 Å². The van der Waals surface area contributed by atoms with Gasteiger partial charge in [-0.1, -0.05) is 12.1 Å². The van der Waals surface area contributed by atoms with Gasteiger partial charge in [0.1, 0.15) is 0 Å². The smallest absolute Gasteiger partial charge is 0.0762 e. The maximum Gasteiger partial charge on any atom is 0.0762 e. The van der Waals surface area contributed by atoms with E-state index in [9.17, 15) is 5.11 Å². The molecule has 4 heteroatoms. The molecule has 0 aliphatic rings. The van der Waals surface area contributed by atoms with Gasteiger partial charge in [0.25, 0.3) is 0 Å². The summed E-state index contributed by atoms with van der Waals surface area (Å²) in [6.45, 7) is 7.57. The monoisotopic (exact) mass is 348 g/mol. The highest BCUT2D eigenvalue weighted by molar-refractivity contribution is 9.10. The number of aryl methyl sites for hydroxylation is 1. The van der Waals surface area contributed by atoms with Crippen LogP contribution in [0.3, 0.4) is 0 Å². The Morgan fingerprint density at radius 3 is 2.62 bits per heavy atom. The Labute approximate surface area is 134 Å². The second kappa shape index (κ2) is 7.05. The first-order valence-electron chi connectivity index (χ1n) is 7.16. The number of benzene rings is 1. The summed E-state index contributed by atoms with van der Waals surface area (Å²) >= 11 is 3.61. The van der Waals surface area contributed by atoms with E-state index >= 15 is 0 Å². The lowest BCUT2D eigenvalue weighted by Gasteiger charge is -2.24. The summed E-state index contributed by atoms with van der Waals surface area (Å²) in [6, 6.07) is 12.1. The molecule has 0 aliphatic carbocycles. The second-order valence-corrected chi connectivity index (χ2v) is 6.03. The quantitative estimate of drug-likeness (QED) is 0.878. The normalized spacial score (nSPS) is 12.2. The fourth-order valence-electron chi connectivity index (χ4n) is 2.29. The van der Waals surface area contributed by atoms with Gasteiger partial charge in [0.2, 0.25) is 0 Å². The van der Waals surface area contributed by atoms with Crippen molar-refractivity contribution in [3.63, 3.8) is 0 Å². The van der Waals surface area contributed by atoms with Crippen molar-refractivity contribution in [2.45, 2.75) is 33.4 Å². The third-order valence-electron chi connectivity index (χ3n) is 3.48. The number of anilines is 1. The van der Waals surface area contributed by atoms with Crippen molar-refractivity contribution >= 4 is 21.6 Å². The number of hydrogen-bond donors (Lipinski definition) is 1. The minimum atomic E-state index is -0.455. The summed E-state index contributed by atoms with van der Waals surface area (Å²) in [5.41, 5.74) is 4.12. The molecule has 3 nitrogen and oxygen atoms in total. The van der Waals surface area contributed by atoms with Gasteiger partial charge in [-0.3, -0.25) is 4.98 Å². The van der Waals surface area contributed by atoms with Gasteiger partial charge in [-0.25, -0.2) is 0 Å². The average molecular weight is 349 g/mol. The van der Waals surface area contributed by atoms with Crippen molar-refractivity contribution in [3.8, 4) is 0 Å². The first kappa shape index (κ1) is 16.0. The van der Waals surface area contributed by atoms with Crippen molar-refractivity contribution in [1.82, 2.24) is 4.98 Å². The molecule has 1 aromatic heterocycles. The number of aliphatic hydroxyl groups excluding tert-OH is 1. The molecule has 0 radical (unpaired) electrons. The first-order chi connectivity index (χ1) is 10.0. The van der Waals surface area contributed by atoms with Crippen LogP contribution < -0.4 is 4.90 Å². The van der Waals surface area contributed by atoms with E-state index in [0.29, 0.717) is 0 Å². The zero-order valence-electron chi connectivity index (χ0n) is 12.7. The number of hydrogen-bond acceptors (Lipinski definition) is 3. The molecule has 0 saturated carbocycles. The van der Waals surface area contributed by atoms with Crippen molar-refractivity contribution in [1.29, 1.82) is 0 Å². The summed E-state index contributed by atoms with van der Waals surface area (Å²) in [4.78, 5) is 6.83. The Morgan fingerprint density at radius 2 is 2.05 bits per heavy atom. The molecule has 112 valence electrons. The van der Waals surface area contributed by atoms with Crippen LogP contribution in [0.4, 0.5) is 5.69 Å². The Kier molecular flexibility index (Phi) is 5.37. The zero-order valence-corrected chi connectivity index (χ0v) is 14.3. The first-order valence-corrected chi connectivity index (χ1v) is 7.95. The van der Waals surface area contributed by atoms with Crippen LogP contribution in [0.5, 0.6) is 0 Å². The van der Waals surface area contributed by atoms with E-state index in [-0.39, 0.29) is 0 Å². The fraction of sp³-hybridized carbons (Fsp3) is 0.353. The van der Waals surface area contributed by atoms with E-state index in [4.69, 9.17) is 0 Å². The van der Waals surface area contributed by atoms with E-state index in [0.717, 1.165) is 40.2 Å². The van der Waals surface area contributed by atoms with Gasteiger partial charge in [-0.2, -0.15) is 0 Å². The number of aromatic nitrogens is 1. The van der Waals surface area contributed by atoms with E-state index in [1.807, 2.05) is 43.3 Å². The lowest BCUT2D eigenvalue weighted by Crippen LogP contribution is -2.23. The molecule has 1 aromatic carbocycles. The number of pyridine rings is 1. The number of rotatable bonds is 5. The molecule has 0 unspecified atom stereocenters. The molecule has 0 aliphatic heterocycles. The summed E-state index contributed by atoms with van der Waals surface area (Å²) in [5.74, 6) is 0. The summed E-state index contributed by atoms with van der Waals surface area (Å²) in [5, 5.41) is 9.66. The molecule has 1 atom stereocenters. The van der Waals surface area contributed by atoms with Gasteiger partial charge >= 0.3 is 0 Å². The molecule has 2 rings (SSSR count). The van der Waals surface area contributed by atoms with E-state index in [1.165, 1.54) is 0 Å². The molecule has 1 N–H and O–H groups in total. The van der Waals surface area contributed by atoms with Gasteiger partial charge in [0.05, 0.1) is 24.0 Å². The SMILES string of the molecule is CCN(Cc1cccc(C)n1)c1ccc([C@H](C)O)cc1Br. The van der Waals surface area contributed by atoms with Crippen molar-refractivity contribution < 1.29 is 5.11 Å². The van der Waals surface area contributed by atoms with Crippen LogP contribution in [0.15, 0.2) is 40.9 Å². The number of halogens is 1. The maximum atomic E-state index is 9.66. The topological polar surface area (TPSA) is 36.4 Å². The Morgan fingerprint density at radius 1 is 1.29 bits per heavy atom. The average Bonchev–Trinajstić information content (AvgIpc) is 2.45. The van der Waals surface area contributed by atoms with Gasteiger partial charge in [-0.15, -0.1) is 0 Å². The van der Waals surface area contributed by atoms with Crippen LogP contribution in [-0.4, -0.2) is 16.6 Å². The lowest BCUT2D eigenvalue weighted by atomic mass is 10.1. The van der Waals surface area contributed by atoms with E-state index < -0.39 is 6.10 Å². The van der Waals surface area contributed by atoms with Crippen LogP contribution in [0.2, 0.25) is 0 Å². The Balaban J connectivity index is 2.25. The molecule has 0 saturated heterocycles. The van der Waals surface area contributed by atoms with E-state index in [2.05, 4.69) is 32.7 Å². The lowest BCUT2D eigenvalue weighted by molar-refractivity contribution is 0.199. The summed E-state index contributed by atoms with van der Waals surface area (Å²) in [6.07, 6.45) is -0.455. The predicted octanol–water partition coefficient (Wildman–Crippen LogP) is 4.23. The standard InChI is InChI=1S/C17H21BrN2O/c1-4-20(11-15-7-5-6-12(2)19-15)17-9-8-14(13(3)21)10-16(17)18/h5-10,13,21H,4,11H2,1-3H3/t13-/m0/s1. The largest absolute Gasteiger partial charge is 0.389 e. The number of aliphatic hydroxyl groups is 1. The highest BCUT2D eigenvalue weighted by Gasteiger charge is 2.12. The molecular weight excluding hydrogens is 328 g/mol. The van der Waals surface area contributed by atoms with Crippen LogP contribution in [0.25, 0.3) is 0 Å². The molecular formula is C17H21BrN2O. The van der Waals surface area contributed by atoms with Crippen LogP contribution >= 0.6 is 15.9 Å². The zero-order chi connectivity index (χ0) is 15.4. The molecule has 2 aromatic rings. The van der Waals surface area contributed by atoms with Crippen molar-refractivity contribution in [3.05, 3.63) is 57.8 Å². The van der Waals surface area contributed by atoms with Gasteiger partial charge < -0.3 is 10.0 Å². The highest BCUT2D eigenvalue weighted by Crippen LogP contribution is 2.30. The predicted molar refractivity (Wildman–Crippen MR) is 90.5 cm³/mol. The fourth-order valence-corrected chi connectivity index (χ4v) is 2.94. The minimum Gasteiger partial charge on any atom is -0.389 e. The summed E-state index contributed by atoms with van der Waals surface area (Å²) < 4.78 is 0.996. The second-order valence-electron chi connectivity index (χ2n) is 5.17. The third-order valence-corrected chi connectivity index (χ3v) is 4.11. The van der Waals surface area contributed by atoms with Gasteiger partial charge in [0, 0.05) is 16.7 Å². The van der Waals surface area contributed by atoms with Gasteiger partial charge in [0.15, 0.2) is 0 Å². The highest BCUT2D eigenvalue weighted by atomic mass is 79.9. The minimum absolute atomic E-state index is 0.455.